The molecule has 6 nitrogen and oxygen atoms in total. The molecule has 4 rings (SSSR count). The summed E-state index contributed by atoms with van der Waals surface area (Å²) in [6, 6.07) is 8.08. The van der Waals surface area contributed by atoms with Gasteiger partial charge < -0.3 is 20.3 Å². The molecular weight excluding hydrogens is 390 g/mol. The molecule has 0 aliphatic heterocycles. The Morgan fingerprint density at radius 3 is 2.72 bits per heavy atom. The third kappa shape index (κ3) is 4.22. The van der Waals surface area contributed by atoms with E-state index >= 15 is 0 Å². The zero-order valence-electron chi connectivity index (χ0n) is 16.3. The molecule has 2 aromatic rings. The summed E-state index contributed by atoms with van der Waals surface area (Å²) in [5.41, 5.74) is 1.08. The van der Waals surface area contributed by atoms with Gasteiger partial charge in [-0.3, -0.25) is 4.79 Å². The van der Waals surface area contributed by atoms with Gasteiger partial charge in [-0.25, -0.2) is 4.79 Å². The van der Waals surface area contributed by atoms with E-state index in [2.05, 4.69) is 5.32 Å². The minimum atomic E-state index is -0.983. The summed E-state index contributed by atoms with van der Waals surface area (Å²) in [5.74, 6) is -0.277. The lowest BCUT2D eigenvalue weighted by Gasteiger charge is -2.25. The van der Waals surface area contributed by atoms with Gasteiger partial charge in [0.15, 0.2) is 5.78 Å². The van der Waals surface area contributed by atoms with Crippen LogP contribution < -0.4 is 10.1 Å². The van der Waals surface area contributed by atoms with Crippen LogP contribution in [0.5, 0.6) is 5.75 Å². The maximum atomic E-state index is 12.7. The number of fused-ring (bicyclic) bond motifs is 1. The van der Waals surface area contributed by atoms with Crippen molar-refractivity contribution in [1.82, 2.24) is 5.32 Å². The zero-order chi connectivity index (χ0) is 20.5. The third-order valence-corrected chi connectivity index (χ3v) is 6.97. The Morgan fingerprint density at radius 1 is 1.24 bits per heavy atom. The monoisotopic (exact) mass is 415 g/mol. The number of hydrogen-bond donors (Lipinski definition) is 3. The highest BCUT2D eigenvalue weighted by Crippen LogP contribution is 2.32. The van der Waals surface area contributed by atoms with Crippen molar-refractivity contribution < 1.29 is 24.5 Å². The molecule has 3 N–H and O–H groups in total. The number of aryl methyl sites for hydroxylation is 2. The highest BCUT2D eigenvalue weighted by Gasteiger charge is 2.37. The third-order valence-electron chi connectivity index (χ3n) is 5.86. The van der Waals surface area contributed by atoms with Gasteiger partial charge in [-0.15, -0.1) is 11.3 Å². The lowest BCUT2D eigenvalue weighted by molar-refractivity contribution is 0.0441. The van der Waals surface area contributed by atoms with Crippen LogP contribution in [0.3, 0.4) is 0 Å². The van der Waals surface area contributed by atoms with Gasteiger partial charge in [-0.05, 0) is 62.9 Å². The molecular formula is C22H25NO5S. The van der Waals surface area contributed by atoms with Crippen molar-refractivity contribution in [2.45, 2.75) is 50.9 Å². The average Bonchev–Trinajstić information content (AvgIpc) is 3.25. The smallest absolute Gasteiger partial charge is 0.335 e. The summed E-state index contributed by atoms with van der Waals surface area (Å²) in [6.45, 7) is 2.60. The second-order valence-corrected chi connectivity index (χ2v) is 9.20. The van der Waals surface area contributed by atoms with Gasteiger partial charge in [0.2, 0.25) is 0 Å². The molecule has 0 bridgehead atoms. The number of aliphatic hydroxyl groups is 1. The molecule has 0 spiro atoms. The average molecular weight is 416 g/mol. The molecule has 0 radical (unpaired) electrons. The first-order valence-electron chi connectivity index (χ1n) is 9.97. The number of carbonyl (C=O) groups excluding carboxylic acids is 1. The molecule has 1 fully saturated rings. The highest BCUT2D eigenvalue weighted by atomic mass is 32.1. The molecule has 2 aliphatic carbocycles. The van der Waals surface area contributed by atoms with Gasteiger partial charge in [0.1, 0.15) is 18.0 Å². The van der Waals surface area contributed by atoms with Gasteiger partial charge in [-0.2, -0.15) is 0 Å². The summed E-state index contributed by atoms with van der Waals surface area (Å²) >= 11 is 1.71. The van der Waals surface area contributed by atoms with E-state index in [1.54, 1.807) is 23.5 Å². The quantitative estimate of drug-likeness (QED) is 0.671. The number of benzene rings is 1. The number of hydrogen-bond acceptors (Lipinski definition) is 6. The molecule has 1 heterocycles. The number of Topliss-reactive ketones (excluding diaryl/α,β-unsaturated/α-hetero) is 1. The van der Waals surface area contributed by atoms with Crippen LogP contribution in [-0.2, 0) is 6.42 Å². The first-order valence-corrected chi connectivity index (χ1v) is 10.8. The number of nitrogens with one attached hydrogen (secondary N) is 1. The Morgan fingerprint density at radius 2 is 2.00 bits per heavy atom. The van der Waals surface area contributed by atoms with Gasteiger partial charge in [-0.1, -0.05) is 0 Å². The van der Waals surface area contributed by atoms with E-state index < -0.39 is 12.1 Å². The van der Waals surface area contributed by atoms with E-state index in [1.165, 1.54) is 21.9 Å². The van der Waals surface area contributed by atoms with Gasteiger partial charge >= 0.3 is 5.97 Å². The highest BCUT2D eigenvalue weighted by molar-refractivity contribution is 7.12. The number of carbonyl (C=O) groups is 2. The second kappa shape index (κ2) is 8.26. The predicted molar refractivity (Wildman–Crippen MR) is 110 cm³/mol. The topological polar surface area (TPSA) is 95.9 Å². The van der Waals surface area contributed by atoms with Crippen LogP contribution in [0.1, 0.15) is 49.7 Å². The number of thiophene rings is 1. The van der Waals surface area contributed by atoms with E-state index in [4.69, 9.17) is 9.84 Å². The molecule has 29 heavy (non-hydrogen) atoms. The fraction of sp³-hybridized carbons (Fsp3) is 0.455. The van der Waals surface area contributed by atoms with E-state index in [1.807, 2.05) is 13.0 Å². The van der Waals surface area contributed by atoms with Crippen molar-refractivity contribution in [3.63, 3.8) is 0 Å². The molecule has 7 heteroatoms. The number of aliphatic hydroxyl groups excluding tert-OH is 1. The Balaban J connectivity index is 1.31. The van der Waals surface area contributed by atoms with Crippen LogP contribution in [0.25, 0.3) is 0 Å². The van der Waals surface area contributed by atoms with E-state index in [0.29, 0.717) is 18.7 Å². The van der Waals surface area contributed by atoms with Crippen molar-refractivity contribution in [3.8, 4) is 5.75 Å². The second-order valence-electron chi connectivity index (χ2n) is 7.86. The van der Waals surface area contributed by atoms with Crippen LogP contribution in [0, 0.1) is 12.8 Å². The first-order chi connectivity index (χ1) is 13.9. The molecule has 1 aromatic carbocycles. The zero-order valence-corrected chi connectivity index (χ0v) is 17.1. The normalized spacial score (nSPS) is 26.3. The van der Waals surface area contributed by atoms with Crippen LogP contribution >= 0.6 is 11.3 Å². The van der Waals surface area contributed by atoms with Crippen molar-refractivity contribution in [3.05, 3.63) is 51.2 Å². The maximum Gasteiger partial charge on any atom is 0.335 e. The number of carboxylic acids is 1. The van der Waals surface area contributed by atoms with Crippen LogP contribution in [0.2, 0.25) is 0 Å². The van der Waals surface area contributed by atoms with Gasteiger partial charge in [0, 0.05) is 33.8 Å². The number of carboxylic acid groups (broad SMARTS) is 1. The summed E-state index contributed by atoms with van der Waals surface area (Å²) in [4.78, 5) is 26.1. The van der Waals surface area contributed by atoms with Crippen molar-refractivity contribution in [2.75, 3.05) is 6.54 Å². The molecule has 0 saturated heterocycles. The molecule has 0 amide bonds. The summed E-state index contributed by atoms with van der Waals surface area (Å²) < 4.78 is 5.87. The summed E-state index contributed by atoms with van der Waals surface area (Å²) in [5, 5.41) is 23.0. The van der Waals surface area contributed by atoms with E-state index in [-0.39, 0.29) is 29.4 Å². The molecule has 2 aliphatic rings. The standard InChI is InChI=1S/C22H25NO5S/c1-12-10-16-19(29-12)9-4-14(20(16)24)11-23-17-7-8-18(21(17)25)28-15-5-2-13(3-6-15)22(26)27/h2-3,5-6,10,14,17-18,21,23,25H,4,7-9,11H2,1H3,(H,26,27)/t14?,17-,18-,21-/m1/s1. The maximum absolute atomic E-state index is 12.7. The van der Waals surface area contributed by atoms with Crippen LogP contribution in [0.4, 0.5) is 0 Å². The van der Waals surface area contributed by atoms with Crippen LogP contribution in [-0.4, -0.2) is 46.8 Å². The number of ether oxygens (including phenoxy) is 1. The molecule has 1 unspecified atom stereocenters. The van der Waals surface area contributed by atoms with Crippen molar-refractivity contribution >= 4 is 23.1 Å². The molecule has 154 valence electrons. The Labute approximate surface area is 173 Å². The summed E-state index contributed by atoms with van der Waals surface area (Å²) in [7, 11) is 0. The van der Waals surface area contributed by atoms with E-state index in [0.717, 1.165) is 24.8 Å². The van der Waals surface area contributed by atoms with Crippen LogP contribution in [0.15, 0.2) is 30.3 Å². The van der Waals surface area contributed by atoms with Gasteiger partial charge in [0.05, 0.1) is 5.56 Å². The Hall–Kier alpha value is -2.22. The summed E-state index contributed by atoms with van der Waals surface area (Å²) in [6.07, 6.45) is 2.23. The van der Waals surface area contributed by atoms with Crippen molar-refractivity contribution in [1.29, 1.82) is 0 Å². The SMILES string of the molecule is Cc1cc2c(s1)CCC(CN[C@@H]1CC[C@@H](Oc3ccc(C(=O)O)cc3)[C@@H]1O)C2=O. The Kier molecular flexibility index (Phi) is 5.72. The molecule has 1 saturated carbocycles. The number of rotatable bonds is 6. The van der Waals surface area contributed by atoms with E-state index in [9.17, 15) is 14.7 Å². The fourth-order valence-corrected chi connectivity index (χ4v) is 5.30. The largest absolute Gasteiger partial charge is 0.488 e. The number of ketones is 1. The Bertz CT molecular complexity index is 906. The fourth-order valence-electron chi connectivity index (χ4n) is 4.25. The lowest BCUT2D eigenvalue weighted by atomic mass is 9.87. The molecule has 1 aromatic heterocycles. The minimum absolute atomic E-state index is 0.0489. The molecule has 4 atom stereocenters. The minimum Gasteiger partial charge on any atom is -0.488 e. The van der Waals surface area contributed by atoms with Crippen molar-refractivity contribution in [2.24, 2.45) is 5.92 Å². The lowest BCUT2D eigenvalue weighted by Crippen LogP contribution is -2.44. The predicted octanol–water partition coefficient (Wildman–Crippen LogP) is 3.06. The van der Waals surface area contributed by atoms with Gasteiger partial charge in [0.25, 0.3) is 0 Å². The number of aromatic carboxylic acids is 1. The first kappa shape index (κ1) is 20.1.